The third-order valence-electron chi connectivity index (χ3n) is 1.86. The van der Waals surface area contributed by atoms with Crippen LogP contribution in [0.5, 0.6) is 5.75 Å². The quantitative estimate of drug-likeness (QED) is 0.573. The first-order valence-corrected chi connectivity index (χ1v) is 4.38. The second-order valence-corrected chi connectivity index (χ2v) is 2.85. The van der Waals surface area contributed by atoms with Crippen LogP contribution in [0.3, 0.4) is 0 Å². The van der Waals surface area contributed by atoms with Crippen molar-refractivity contribution in [2.45, 2.75) is 6.04 Å². The molecule has 1 aromatic rings. The molecular formula is C11H15NO2. The number of ether oxygens (including phenoxy) is 2. The predicted octanol–water partition coefficient (Wildman–Crippen LogP) is 1.86. The van der Waals surface area contributed by atoms with Gasteiger partial charge in [-0.2, -0.15) is 0 Å². The first-order chi connectivity index (χ1) is 6.79. The third kappa shape index (κ3) is 2.58. The Bertz CT molecular complexity index is 299. The van der Waals surface area contributed by atoms with E-state index in [1.54, 1.807) is 13.2 Å². The number of benzene rings is 1. The van der Waals surface area contributed by atoms with Gasteiger partial charge in [0.1, 0.15) is 5.75 Å². The zero-order chi connectivity index (χ0) is 10.4. The van der Waals surface area contributed by atoms with E-state index in [1.807, 2.05) is 24.3 Å². The monoisotopic (exact) mass is 193 g/mol. The van der Waals surface area contributed by atoms with Gasteiger partial charge in [-0.25, -0.2) is 0 Å². The van der Waals surface area contributed by atoms with Gasteiger partial charge in [0.25, 0.3) is 0 Å². The maximum atomic E-state index is 5.83. The summed E-state index contributed by atoms with van der Waals surface area (Å²) in [6, 6.07) is 7.38. The Labute approximate surface area is 84.1 Å². The molecule has 0 heterocycles. The molecule has 0 bridgehead atoms. The summed E-state index contributed by atoms with van der Waals surface area (Å²) in [5, 5.41) is 0. The van der Waals surface area contributed by atoms with Crippen LogP contribution < -0.4 is 10.5 Å². The van der Waals surface area contributed by atoms with E-state index in [9.17, 15) is 0 Å². The van der Waals surface area contributed by atoms with Crippen molar-refractivity contribution in [1.29, 1.82) is 0 Å². The predicted molar refractivity (Wildman–Crippen MR) is 56.1 cm³/mol. The number of nitrogens with two attached hydrogens (primary N) is 1. The summed E-state index contributed by atoms with van der Waals surface area (Å²) >= 11 is 0. The molecule has 0 aliphatic rings. The van der Waals surface area contributed by atoms with Crippen molar-refractivity contribution in [3.8, 4) is 5.75 Å². The van der Waals surface area contributed by atoms with E-state index in [0.717, 1.165) is 11.3 Å². The molecule has 0 saturated heterocycles. The first-order valence-electron chi connectivity index (χ1n) is 4.38. The van der Waals surface area contributed by atoms with Crippen LogP contribution in [0.2, 0.25) is 0 Å². The fraction of sp³-hybridized carbons (Fsp3) is 0.273. The van der Waals surface area contributed by atoms with Gasteiger partial charge in [0.2, 0.25) is 0 Å². The lowest BCUT2D eigenvalue weighted by Gasteiger charge is -2.13. The topological polar surface area (TPSA) is 44.5 Å². The minimum absolute atomic E-state index is 0.206. The molecule has 1 aromatic carbocycles. The van der Waals surface area contributed by atoms with Gasteiger partial charge in [-0.1, -0.05) is 24.3 Å². The normalized spacial score (nSPS) is 12.1. The minimum Gasteiger partial charge on any atom is -0.467 e. The summed E-state index contributed by atoms with van der Waals surface area (Å²) < 4.78 is 10.2. The average Bonchev–Trinajstić information content (AvgIpc) is 2.25. The number of rotatable bonds is 5. The Kier molecular flexibility index (Phi) is 4.16. The summed E-state index contributed by atoms with van der Waals surface area (Å²) in [7, 11) is 1.58. The SMILES string of the molecule is C=C[C@H](N)c1ccccc1OCOC. The van der Waals surface area contributed by atoms with Crippen molar-refractivity contribution in [2.75, 3.05) is 13.9 Å². The zero-order valence-electron chi connectivity index (χ0n) is 8.27. The molecule has 0 radical (unpaired) electrons. The molecular weight excluding hydrogens is 178 g/mol. The van der Waals surface area contributed by atoms with E-state index in [1.165, 1.54) is 0 Å². The lowest BCUT2D eigenvalue weighted by atomic mass is 10.1. The maximum absolute atomic E-state index is 5.83. The minimum atomic E-state index is -0.206. The van der Waals surface area contributed by atoms with Gasteiger partial charge in [-0.15, -0.1) is 6.58 Å². The summed E-state index contributed by atoms with van der Waals surface area (Å²) in [4.78, 5) is 0. The molecule has 3 heteroatoms. The Morgan fingerprint density at radius 3 is 2.86 bits per heavy atom. The second-order valence-electron chi connectivity index (χ2n) is 2.85. The van der Waals surface area contributed by atoms with Gasteiger partial charge >= 0.3 is 0 Å². The first kappa shape index (κ1) is 10.8. The Balaban J connectivity index is 2.85. The van der Waals surface area contributed by atoms with Gasteiger partial charge in [0.05, 0.1) is 6.04 Å². The van der Waals surface area contributed by atoms with Crippen LogP contribution in [0.25, 0.3) is 0 Å². The molecule has 0 aliphatic heterocycles. The van der Waals surface area contributed by atoms with Crippen LogP contribution in [0, 0.1) is 0 Å². The van der Waals surface area contributed by atoms with Crippen molar-refractivity contribution < 1.29 is 9.47 Å². The van der Waals surface area contributed by atoms with Gasteiger partial charge in [0.15, 0.2) is 6.79 Å². The highest BCUT2D eigenvalue weighted by atomic mass is 16.7. The smallest absolute Gasteiger partial charge is 0.188 e. The molecule has 3 nitrogen and oxygen atoms in total. The molecule has 2 N–H and O–H groups in total. The van der Waals surface area contributed by atoms with Crippen molar-refractivity contribution >= 4 is 0 Å². The summed E-state index contributed by atoms with van der Waals surface area (Å²) in [6.45, 7) is 3.87. The van der Waals surface area contributed by atoms with Gasteiger partial charge in [-0.05, 0) is 6.07 Å². The molecule has 14 heavy (non-hydrogen) atoms. The fourth-order valence-electron chi connectivity index (χ4n) is 1.14. The summed E-state index contributed by atoms with van der Waals surface area (Å²) in [6.07, 6.45) is 1.68. The maximum Gasteiger partial charge on any atom is 0.188 e. The number of methoxy groups -OCH3 is 1. The lowest BCUT2D eigenvalue weighted by Crippen LogP contribution is -2.10. The van der Waals surface area contributed by atoms with Crippen LogP contribution in [0.1, 0.15) is 11.6 Å². The molecule has 0 spiro atoms. The molecule has 1 rings (SSSR count). The van der Waals surface area contributed by atoms with Crippen molar-refractivity contribution in [3.63, 3.8) is 0 Å². The van der Waals surface area contributed by atoms with Crippen LogP contribution >= 0.6 is 0 Å². The molecule has 0 unspecified atom stereocenters. The van der Waals surface area contributed by atoms with Gasteiger partial charge in [0, 0.05) is 12.7 Å². The van der Waals surface area contributed by atoms with Crippen molar-refractivity contribution in [2.24, 2.45) is 5.73 Å². The van der Waals surface area contributed by atoms with E-state index in [0.29, 0.717) is 0 Å². The molecule has 0 saturated carbocycles. The molecule has 0 aliphatic carbocycles. The van der Waals surface area contributed by atoms with E-state index >= 15 is 0 Å². The highest BCUT2D eigenvalue weighted by molar-refractivity contribution is 5.37. The van der Waals surface area contributed by atoms with E-state index in [2.05, 4.69) is 6.58 Å². The van der Waals surface area contributed by atoms with E-state index < -0.39 is 0 Å². The number of para-hydroxylation sites is 1. The van der Waals surface area contributed by atoms with Gasteiger partial charge in [-0.3, -0.25) is 0 Å². The standard InChI is InChI=1S/C11H15NO2/c1-3-10(12)9-6-4-5-7-11(9)14-8-13-2/h3-7,10H,1,8,12H2,2H3/t10-/m0/s1. The highest BCUT2D eigenvalue weighted by Gasteiger charge is 2.07. The Morgan fingerprint density at radius 2 is 2.21 bits per heavy atom. The van der Waals surface area contributed by atoms with Crippen molar-refractivity contribution in [1.82, 2.24) is 0 Å². The molecule has 0 fully saturated rings. The second kappa shape index (κ2) is 5.42. The molecule has 0 amide bonds. The van der Waals surface area contributed by atoms with E-state index in [-0.39, 0.29) is 12.8 Å². The molecule has 1 atom stereocenters. The average molecular weight is 193 g/mol. The van der Waals surface area contributed by atoms with Crippen LogP contribution in [0.15, 0.2) is 36.9 Å². The summed E-state index contributed by atoms with van der Waals surface area (Å²) in [5.74, 6) is 0.738. The zero-order valence-corrected chi connectivity index (χ0v) is 8.27. The van der Waals surface area contributed by atoms with Crippen LogP contribution in [0.4, 0.5) is 0 Å². The highest BCUT2D eigenvalue weighted by Crippen LogP contribution is 2.23. The van der Waals surface area contributed by atoms with Gasteiger partial charge < -0.3 is 15.2 Å². The van der Waals surface area contributed by atoms with Crippen molar-refractivity contribution in [3.05, 3.63) is 42.5 Å². The molecule has 0 aromatic heterocycles. The Hall–Kier alpha value is -1.32. The molecule has 76 valence electrons. The van der Waals surface area contributed by atoms with Crippen LogP contribution in [-0.2, 0) is 4.74 Å². The largest absolute Gasteiger partial charge is 0.467 e. The Morgan fingerprint density at radius 1 is 1.50 bits per heavy atom. The summed E-state index contributed by atoms with van der Waals surface area (Å²) in [5.41, 5.74) is 6.74. The lowest BCUT2D eigenvalue weighted by molar-refractivity contribution is 0.0503. The van der Waals surface area contributed by atoms with Crippen LogP contribution in [-0.4, -0.2) is 13.9 Å². The third-order valence-corrected chi connectivity index (χ3v) is 1.86. The number of hydrogen-bond acceptors (Lipinski definition) is 3. The fourth-order valence-corrected chi connectivity index (χ4v) is 1.14. The number of hydrogen-bond donors (Lipinski definition) is 1. The van der Waals surface area contributed by atoms with E-state index in [4.69, 9.17) is 15.2 Å².